The van der Waals surface area contributed by atoms with Crippen LogP contribution in [0.25, 0.3) is 0 Å². The number of ether oxygens (including phenoxy) is 1. The van der Waals surface area contributed by atoms with Crippen LogP contribution in [0, 0.1) is 13.8 Å². The maximum atomic E-state index is 5.78. The van der Waals surface area contributed by atoms with Gasteiger partial charge in [0.2, 0.25) is 5.88 Å². The number of pyridine rings is 1. The summed E-state index contributed by atoms with van der Waals surface area (Å²) in [7, 11) is 1.93. The highest BCUT2D eigenvalue weighted by atomic mass is 79.9. The maximum absolute atomic E-state index is 5.78. The predicted octanol–water partition coefficient (Wildman–Crippen LogP) is 3.97. The van der Waals surface area contributed by atoms with Gasteiger partial charge in [-0.25, -0.2) is 4.98 Å². The van der Waals surface area contributed by atoms with Crippen LogP contribution in [0.1, 0.15) is 16.8 Å². The van der Waals surface area contributed by atoms with Gasteiger partial charge in [0, 0.05) is 22.8 Å². The molecule has 0 aliphatic heterocycles. The highest BCUT2D eigenvalue weighted by molar-refractivity contribution is 9.10. The summed E-state index contributed by atoms with van der Waals surface area (Å²) in [5, 5.41) is 3.12. The molecule has 100 valence electrons. The topological polar surface area (TPSA) is 34.1 Å². The summed E-state index contributed by atoms with van der Waals surface area (Å²) in [4.78, 5) is 4.47. The van der Waals surface area contributed by atoms with Crippen LogP contribution in [-0.4, -0.2) is 12.0 Å². The molecular formula is C15H17BrN2O. The van der Waals surface area contributed by atoms with E-state index in [0.717, 1.165) is 28.0 Å². The summed E-state index contributed by atoms with van der Waals surface area (Å²) in [6, 6.07) is 9.84. The molecule has 0 bridgehead atoms. The normalized spacial score (nSPS) is 10.5. The first-order valence-electron chi connectivity index (χ1n) is 6.15. The van der Waals surface area contributed by atoms with Gasteiger partial charge in [0.05, 0.1) is 0 Å². The second-order valence-electron chi connectivity index (χ2n) is 4.44. The zero-order valence-electron chi connectivity index (χ0n) is 11.3. The molecule has 19 heavy (non-hydrogen) atoms. The number of aryl methyl sites for hydroxylation is 2. The standard InChI is InChI=1S/C15H17BrN2O/c1-10-8-13(5-6-14(10)16)19-15-7-4-12(9-17-3)11(2)18-15/h4-8,17H,9H2,1-3H3. The van der Waals surface area contributed by atoms with Gasteiger partial charge in [-0.3, -0.25) is 0 Å². The van der Waals surface area contributed by atoms with Crippen LogP contribution in [0.3, 0.4) is 0 Å². The number of aromatic nitrogens is 1. The van der Waals surface area contributed by atoms with E-state index in [-0.39, 0.29) is 0 Å². The van der Waals surface area contributed by atoms with Crippen molar-refractivity contribution >= 4 is 15.9 Å². The minimum absolute atomic E-state index is 0.624. The highest BCUT2D eigenvalue weighted by Gasteiger charge is 2.04. The van der Waals surface area contributed by atoms with E-state index in [1.54, 1.807) is 0 Å². The predicted molar refractivity (Wildman–Crippen MR) is 80.7 cm³/mol. The third-order valence-corrected chi connectivity index (χ3v) is 3.78. The smallest absolute Gasteiger partial charge is 0.219 e. The monoisotopic (exact) mass is 320 g/mol. The van der Waals surface area contributed by atoms with Gasteiger partial charge in [0.25, 0.3) is 0 Å². The zero-order chi connectivity index (χ0) is 13.8. The number of hydrogen-bond acceptors (Lipinski definition) is 3. The van der Waals surface area contributed by atoms with Gasteiger partial charge < -0.3 is 10.1 Å². The van der Waals surface area contributed by atoms with E-state index in [2.05, 4.69) is 26.2 Å². The fraction of sp³-hybridized carbons (Fsp3) is 0.267. The van der Waals surface area contributed by atoms with Gasteiger partial charge >= 0.3 is 0 Å². The lowest BCUT2D eigenvalue weighted by atomic mass is 10.2. The van der Waals surface area contributed by atoms with Crippen molar-refractivity contribution in [3.05, 3.63) is 51.6 Å². The van der Waals surface area contributed by atoms with Crippen molar-refractivity contribution in [2.75, 3.05) is 7.05 Å². The molecule has 0 radical (unpaired) electrons. The molecule has 0 aliphatic carbocycles. The molecule has 0 aliphatic rings. The molecule has 0 spiro atoms. The van der Waals surface area contributed by atoms with E-state index in [4.69, 9.17) is 4.74 Å². The molecule has 1 aromatic heterocycles. The van der Waals surface area contributed by atoms with Crippen molar-refractivity contribution in [3.8, 4) is 11.6 Å². The minimum Gasteiger partial charge on any atom is -0.439 e. The average molecular weight is 321 g/mol. The van der Waals surface area contributed by atoms with Crippen molar-refractivity contribution in [2.24, 2.45) is 0 Å². The molecule has 2 rings (SSSR count). The SMILES string of the molecule is CNCc1ccc(Oc2ccc(Br)c(C)c2)nc1C. The van der Waals surface area contributed by atoms with Gasteiger partial charge in [-0.2, -0.15) is 0 Å². The zero-order valence-corrected chi connectivity index (χ0v) is 12.9. The summed E-state index contributed by atoms with van der Waals surface area (Å²) in [5.74, 6) is 1.42. The van der Waals surface area contributed by atoms with Gasteiger partial charge in [0.1, 0.15) is 5.75 Å². The Morgan fingerprint density at radius 3 is 2.63 bits per heavy atom. The number of halogens is 1. The molecule has 0 unspecified atom stereocenters. The van der Waals surface area contributed by atoms with Gasteiger partial charge in [0.15, 0.2) is 0 Å². The quantitative estimate of drug-likeness (QED) is 0.925. The first-order chi connectivity index (χ1) is 9.10. The molecule has 0 saturated carbocycles. The highest BCUT2D eigenvalue weighted by Crippen LogP contribution is 2.25. The van der Waals surface area contributed by atoms with Crippen molar-refractivity contribution in [3.63, 3.8) is 0 Å². The molecule has 4 heteroatoms. The molecule has 2 aromatic rings. The van der Waals surface area contributed by atoms with E-state index in [9.17, 15) is 0 Å². The van der Waals surface area contributed by atoms with E-state index >= 15 is 0 Å². The Balaban J connectivity index is 2.19. The van der Waals surface area contributed by atoms with E-state index in [1.807, 2.05) is 51.2 Å². The van der Waals surface area contributed by atoms with E-state index in [0.29, 0.717) is 5.88 Å². The van der Waals surface area contributed by atoms with Gasteiger partial charge in [-0.15, -0.1) is 0 Å². The Morgan fingerprint density at radius 1 is 1.21 bits per heavy atom. The van der Waals surface area contributed by atoms with Crippen LogP contribution in [0.15, 0.2) is 34.8 Å². The summed E-state index contributed by atoms with van der Waals surface area (Å²) in [6.07, 6.45) is 0. The number of nitrogens with one attached hydrogen (secondary N) is 1. The number of rotatable bonds is 4. The van der Waals surface area contributed by atoms with Crippen LogP contribution in [0.2, 0.25) is 0 Å². The lowest BCUT2D eigenvalue weighted by Crippen LogP contribution is -2.07. The fourth-order valence-electron chi connectivity index (χ4n) is 1.80. The van der Waals surface area contributed by atoms with Crippen LogP contribution in [-0.2, 0) is 6.54 Å². The van der Waals surface area contributed by atoms with Crippen molar-refractivity contribution in [1.82, 2.24) is 10.3 Å². The van der Waals surface area contributed by atoms with Crippen molar-refractivity contribution < 1.29 is 4.74 Å². The molecule has 1 heterocycles. The Hall–Kier alpha value is -1.39. The third-order valence-electron chi connectivity index (χ3n) is 2.89. The first kappa shape index (κ1) is 14.0. The van der Waals surface area contributed by atoms with E-state index in [1.165, 1.54) is 5.56 Å². The van der Waals surface area contributed by atoms with Crippen LogP contribution in [0.5, 0.6) is 11.6 Å². The van der Waals surface area contributed by atoms with Gasteiger partial charge in [-0.1, -0.05) is 22.0 Å². The number of nitrogens with zero attached hydrogens (tertiary/aromatic N) is 1. The second kappa shape index (κ2) is 6.17. The second-order valence-corrected chi connectivity index (χ2v) is 5.29. The van der Waals surface area contributed by atoms with Crippen LogP contribution in [0.4, 0.5) is 0 Å². The molecular weight excluding hydrogens is 304 g/mol. The molecule has 1 aromatic carbocycles. The number of benzene rings is 1. The molecule has 0 amide bonds. The lowest BCUT2D eigenvalue weighted by Gasteiger charge is -2.09. The van der Waals surface area contributed by atoms with Crippen molar-refractivity contribution in [2.45, 2.75) is 20.4 Å². The Morgan fingerprint density at radius 2 is 2.00 bits per heavy atom. The molecule has 0 atom stereocenters. The van der Waals surface area contributed by atoms with Crippen LogP contribution >= 0.6 is 15.9 Å². The fourth-order valence-corrected chi connectivity index (χ4v) is 2.05. The minimum atomic E-state index is 0.624. The Labute approximate surface area is 122 Å². The summed E-state index contributed by atoms with van der Waals surface area (Å²) >= 11 is 3.48. The molecule has 0 fully saturated rings. The summed E-state index contributed by atoms with van der Waals surface area (Å²) < 4.78 is 6.85. The third kappa shape index (κ3) is 3.55. The van der Waals surface area contributed by atoms with Gasteiger partial charge in [-0.05, 0) is 50.2 Å². The largest absolute Gasteiger partial charge is 0.439 e. The van der Waals surface area contributed by atoms with Crippen LogP contribution < -0.4 is 10.1 Å². The van der Waals surface area contributed by atoms with E-state index < -0.39 is 0 Å². The Kier molecular flexibility index (Phi) is 4.56. The maximum Gasteiger partial charge on any atom is 0.219 e. The average Bonchev–Trinajstić information content (AvgIpc) is 2.37. The lowest BCUT2D eigenvalue weighted by molar-refractivity contribution is 0.460. The first-order valence-corrected chi connectivity index (χ1v) is 6.94. The van der Waals surface area contributed by atoms with Crippen molar-refractivity contribution in [1.29, 1.82) is 0 Å². The molecule has 0 saturated heterocycles. The number of hydrogen-bond donors (Lipinski definition) is 1. The summed E-state index contributed by atoms with van der Waals surface area (Å²) in [6.45, 7) is 4.84. The summed E-state index contributed by atoms with van der Waals surface area (Å²) in [5.41, 5.74) is 3.31. The molecule has 1 N–H and O–H groups in total. The molecule has 3 nitrogen and oxygen atoms in total. The Bertz CT molecular complexity index is 584.